The first-order valence-corrected chi connectivity index (χ1v) is 4.47. The Morgan fingerprint density at radius 2 is 2.33 bits per heavy atom. The molecular weight excluding hydrogens is 170 g/mol. The number of pyridine rings is 1. The molecule has 4 heteroatoms. The minimum absolute atomic E-state index is 0.828. The van der Waals surface area contributed by atoms with Gasteiger partial charge in [-0.1, -0.05) is 0 Å². The zero-order valence-electron chi connectivity index (χ0n) is 6.69. The number of hydrogen-bond acceptors (Lipinski definition) is 4. The molecule has 0 saturated carbocycles. The first-order chi connectivity index (χ1) is 5.79. The molecule has 0 aliphatic rings. The summed E-state index contributed by atoms with van der Waals surface area (Å²) in [7, 11) is 1.79. The topological polar surface area (TPSA) is 42.1 Å². The Bertz CT molecular complexity index is 394. The van der Waals surface area contributed by atoms with E-state index < -0.39 is 0 Å². The van der Waals surface area contributed by atoms with Crippen LogP contribution in [-0.2, 0) is 0 Å². The maximum absolute atomic E-state index is 5.61. The molecule has 0 amide bonds. The van der Waals surface area contributed by atoms with Gasteiger partial charge in [-0.05, 0) is 17.5 Å². The van der Waals surface area contributed by atoms with E-state index in [2.05, 4.69) is 4.98 Å². The maximum atomic E-state index is 5.61. The predicted molar refractivity (Wildman–Crippen MR) is 52.2 cm³/mol. The molecule has 2 heterocycles. The van der Waals surface area contributed by atoms with Gasteiger partial charge in [0.1, 0.15) is 0 Å². The number of nitrogens with zero attached hydrogens (tertiary/aromatic N) is 2. The largest absolute Gasteiger partial charge is 0.297 e. The Balaban J connectivity index is 2.73. The van der Waals surface area contributed by atoms with E-state index in [-0.39, 0.29) is 0 Å². The maximum Gasteiger partial charge on any atom is 0.150 e. The molecule has 0 spiro atoms. The Hall–Kier alpha value is -1.13. The summed E-state index contributed by atoms with van der Waals surface area (Å²) in [5.41, 5.74) is 0. The van der Waals surface area contributed by atoms with Gasteiger partial charge in [0.05, 0.1) is 0 Å². The highest BCUT2D eigenvalue weighted by atomic mass is 32.1. The van der Waals surface area contributed by atoms with E-state index in [9.17, 15) is 0 Å². The molecule has 3 nitrogen and oxygen atoms in total. The van der Waals surface area contributed by atoms with Crippen LogP contribution in [0.15, 0.2) is 23.7 Å². The van der Waals surface area contributed by atoms with Crippen molar-refractivity contribution >= 4 is 27.2 Å². The van der Waals surface area contributed by atoms with Gasteiger partial charge in [0.2, 0.25) is 0 Å². The number of fused-ring (bicyclic) bond motifs is 1. The lowest BCUT2D eigenvalue weighted by Crippen LogP contribution is -2.26. The van der Waals surface area contributed by atoms with Crippen molar-refractivity contribution in [2.24, 2.45) is 5.84 Å². The molecule has 0 saturated heterocycles. The molecule has 0 unspecified atom stereocenters. The third-order valence-electron chi connectivity index (χ3n) is 1.69. The first-order valence-electron chi connectivity index (χ1n) is 3.59. The Kier molecular flexibility index (Phi) is 1.71. The van der Waals surface area contributed by atoms with E-state index in [1.807, 2.05) is 17.5 Å². The van der Waals surface area contributed by atoms with Crippen molar-refractivity contribution in [2.75, 3.05) is 12.1 Å². The second-order valence-corrected chi connectivity index (χ2v) is 3.53. The van der Waals surface area contributed by atoms with Crippen LogP contribution in [0.1, 0.15) is 0 Å². The van der Waals surface area contributed by atoms with E-state index in [0.29, 0.717) is 0 Å². The van der Waals surface area contributed by atoms with Gasteiger partial charge in [0.25, 0.3) is 0 Å². The smallest absolute Gasteiger partial charge is 0.150 e. The normalized spacial score (nSPS) is 10.5. The monoisotopic (exact) mass is 179 g/mol. The number of hydrazine groups is 1. The van der Waals surface area contributed by atoms with Crippen LogP contribution in [0.4, 0.5) is 5.82 Å². The molecule has 0 aliphatic heterocycles. The van der Waals surface area contributed by atoms with Crippen molar-refractivity contribution in [2.45, 2.75) is 0 Å². The van der Waals surface area contributed by atoms with Crippen LogP contribution < -0.4 is 10.9 Å². The van der Waals surface area contributed by atoms with Gasteiger partial charge in [-0.15, -0.1) is 11.3 Å². The third-order valence-corrected chi connectivity index (χ3v) is 2.57. The van der Waals surface area contributed by atoms with Crippen LogP contribution in [-0.4, -0.2) is 12.0 Å². The average Bonchev–Trinajstić information content (AvgIpc) is 2.49. The second-order valence-electron chi connectivity index (χ2n) is 2.58. The van der Waals surface area contributed by atoms with Gasteiger partial charge in [0.15, 0.2) is 5.82 Å². The van der Waals surface area contributed by atoms with Crippen molar-refractivity contribution in [3.8, 4) is 0 Å². The van der Waals surface area contributed by atoms with Gasteiger partial charge < -0.3 is 0 Å². The summed E-state index contributed by atoms with van der Waals surface area (Å²) in [6.45, 7) is 0. The summed E-state index contributed by atoms with van der Waals surface area (Å²) in [4.78, 5) is 4.19. The molecule has 2 aromatic rings. The van der Waals surface area contributed by atoms with Gasteiger partial charge in [-0.2, -0.15) is 0 Å². The second kappa shape index (κ2) is 2.73. The molecule has 0 aromatic carbocycles. The van der Waals surface area contributed by atoms with Crippen molar-refractivity contribution in [1.82, 2.24) is 4.98 Å². The van der Waals surface area contributed by atoms with Gasteiger partial charge >= 0.3 is 0 Å². The average molecular weight is 179 g/mol. The molecule has 0 fully saturated rings. The molecular formula is C8H9N3S. The summed E-state index contributed by atoms with van der Waals surface area (Å²) >= 11 is 1.70. The highest BCUT2D eigenvalue weighted by Gasteiger charge is 2.03. The standard InChI is InChI=1S/C8H9N3S/c1-11(9)8-6-3-5-12-7(6)2-4-10-8/h2-5H,9H2,1H3. The molecule has 0 aliphatic carbocycles. The summed E-state index contributed by atoms with van der Waals surface area (Å²) in [5, 5.41) is 4.70. The van der Waals surface area contributed by atoms with E-state index in [1.165, 1.54) is 9.71 Å². The van der Waals surface area contributed by atoms with Crippen LogP contribution in [0.2, 0.25) is 0 Å². The summed E-state index contributed by atoms with van der Waals surface area (Å²) in [6.07, 6.45) is 1.78. The quantitative estimate of drug-likeness (QED) is 0.534. The SMILES string of the molecule is CN(N)c1nccc2sccc12. The number of thiophene rings is 1. The summed E-state index contributed by atoms with van der Waals surface area (Å²) in [6, 6.07) is 4.03. The van der Waals surface area contributed by atoms with Crippen molar-refractivity contribution in [1.29, 1.82) is 0 Å². The number of anilines is 1. The summed E-state index contributed by atoms with van der Waals surface area (Å²) in [5.74, 6) is 6.44. The molecule has 62 valence electrons. The van der Waals surface area contributed by atoms with Crippen molar-refractivity contribution < 1.29 is 0 Å². The molecule has 0 atom stereocenters. The lowest BCUT2D eigenvalue weighted by atomic mass is 10.3. The summed E-state index contributed by atoms with van der Waals surface area (Å²) < 4.78 is 1.22. The zero-order valence-corrected chi connectivity index (χ0v) is 7.51. The first kappa shape index (κ1) is 7.52. The molecule has 0 bridgehead atoms. The van der Waals surface area contributed by atoms with Crippen LogP contribution in [0.5, 0.6) is 0 Å². The van der Waals surface area contributed by atoms with E-state index in [0.717, 1.165) is 11.2 Å². The molecule has 12 heavy (non-hydrogen) atoms. The number of hydrogen-bond donors (Lipinski definition) is 1. The van der Waals surface area contributed by atoms with Gasteiger partial charge in [-0.25, -0.2) is 10.8 Å². The van der Waals surface area contributed by atoms with Gasteiger partial charge in [-0.3, -0.25) is 5.01 Å². The minimum Gasteiger partial charge on any atom is -0.297 e. The minimum atomic E-state index is 0.828. The number of rotatable bonds is 1. The predicted octanol–water partition coefficient (Wildman–Crippen LogP) is 1.61. The fourth-order valence-electron chi connectivity index (χ4n) is 1.16. The Morgan fingerprint density at radius 3 is 3.08 bits per heavy atom. The molecule has 0 radical (unpaired) electrons. The van der Waals surface area contributed by atoms with Crippen LogP contribution in [0.25, 0.3) is 10.1 Å². The lowest BCUT2D eigenvalue weighted by molar-refractivity contribution is 0.988. The van der Waals surface area contributed by atoms with E-state index in [1.54, 1.807) is 24.6 Å². The Labute approximate surface area is 74.4 Å². The van der Waals surface area contributed by atoms with E-state index in [4.69, 9.17) is 5.84 Å². The zero-order chi connectivity index (χ0) is 8.55. The van der Waals surface area contributed by atoms with Crippen LogP contribution in [0.3, 0.4) is 0 Å². The fourth-order valence-corrected chi connectivity index (χ4v) is 1.94. The Morgan fingerprint density at radius 1 is 1.50 bits per heavy atom. The highest BCUT2D eigenvalue weighted by Crippen LogP contribution is 2.26. The third kappa shape index (κ3) is 1.05. The van der Waals surface area contributed by atoms with Crippen LogP contribution >= 0.6 is 11.3 Å². The van der Waals surface area contributed by atoms with Crippen molar-refractivity contribution in [3.05, 3.63) is 23.7 Å². The highest BCUT2D eigenvalue weighted by molar-refractivity contribution is 7.17. The number of aromatic nitrogens is 1. The number of nitrogens with two attached hydrogens (primary N) is 1. The van der Waals surface area contributed by atoms with Crippen LogP contribution in [0, 0.1) is 0 Å². The molecule has 2 rings (SSSR count). The van der Waals surface area contributed by atoms with Gasteiger partial charge in [0, 0.05) is 23.3 Å². The molecule has 2 aromatic heterocycles. The van der Waals surface area contributed by atoms with E-state index >= 15 is 0 Å². The lowest BCUT2D eigenvalue weighted by Gasteiger charge is -2.10. The fraction of sp³-hybridized carbons (Fsp3) is 0.125. The van der Waals surface area contributed by atoms with Crippen molar-refractivity contribution in [3.63, 3.8) is 0 Å². The molecule has 2 N–H and O–H groups in total.